The molecule has 0 bridgehead atoms. The minimum absolute atomic E-state index is 0.252. The summed E-state index contributed by atoms with van der Waals surface area (Å²) in [6.07, 6.45) is 1.60. The standard InChI is InChI=1S/C13H12ClFN2S/c14-11-1-2-13(17-7-11)18-8-10-3-9(6-16)4-12(15)5-10/h1-5,7H,6,8,16H2. The number of pyridine rings is 1. The van der Waals surface area contributed by atoms with Gasteiger partial charge in [0, 0.05) is 18.5 Å². The van der Waals surface area contributed by atoms with Gasteiger partial charge in [-0.05, 0) is 35.4 Å². The van der Waals surface area contributed by atoms with Gasteiger partial charge in [0.05, 0.1) is 10.0 Å². The highest BCUT2D eigenvalue weighted by Crippen LogP contribution is 2.23. The highest BCUT2D eigenvalue weighted by molar-refractivity contribution is 7.98. The van der Waals surface area contributed by atoms with Crippen molar-refractivity contribution in [2.75, 3.05) is 0 Å². The second-order valence-corrected chi connectivity index (χ2v) is 5.21. The molecule has 0 fully saturated rings. The second kappa shape index (κ2) is 6.18. The number of aromatic nitrogens is 1. The molecule has 0 amide bonds. The zero-order valence-corrected chi connectivity index (χ0v) is 11.1. The number of thioether (sulfide) groups is 1. The van der Waals surface area contributed by atoms with Crippen LogP contribution in [0.3, 0.4) is 0 Å². The van der Waals surface area contributed by atoms with Crippen molar-refractivity contribution in [3.8, 4) is 0 Å². The molecule has 5 heteroatoms. The van der Waals surface area contributed by atoms with Crippen LogP contribution in [-0.4, -0.2) is 4.98 Å². The van der Waals surface area contributed by atoms with E-state index in [4.69, 9.17) is 17.3 Å². The van der Waals surface area contributed by atoms with Gasteiger partial charge in [-0.15, -0.1) is 11.8 Å². The first-order valence-electron chi connectivity index (χ1n) is 5.40. The lowest BCUT2D eigenvalue weighted by Crippen LogP contribution is -1.98. The highest BCUT2D eigenvalue weighted by Gasteiger charge is 2.02. The Morgan fingerprint density at radius 3 is 2.67 bits per heavy atom. The number of rotatable bonds is 4. The van der Waals surface area contributed by atoms with Crippen LogP contribution in [0.25, 0.3) is 0 Å². The summed E-state index contributed by atoms with van der Waals surface area (Å²) < 4.78 is 13.3. The molecule has 2 nitrogen and oxygen atoms in total. The summed E-state index contributed by atoms with van der Waals surface area (Å²) in [6.45, 7) is 0.342. The first kappa shape index (κ1) is 13.3. The maximum absolute atomic E-state index is 13.3. The van der Waals surface area contributed by atoms with E-state index in [1.807, 2.05) is 12.1 Å². The fourth-order valence-corrected chi connectivity index (χ4v) is 2.41. The van der Waals surface area contributed by atoms with Gasteiger partial charge in [-0.3, -0.25) is 0 Å². The minimum atomic E-state index is -0.252. The van der Waals surface area contributed by atoms with Crippen molar-refractivity contribution in [1.29, 1.82) is 0 Å². The van der Waals surface area contributed by atoms with Gasteiger partial charge in [-0.1, -0.05) is 17.7 Å². The first-order chi connectivity index (χ1) is 8.67. The summed E-state index contributed by atoms with van der Waals surface area (Å²) in [5, 5.41) is 1.47. The molecule has 2 rings (SSSR count). The van der Waals surface area contributed by atoms with E-state index < -0.39 is 0 Å². The topological polar surface area (TPSA) is 38.9 Å². The molecule has 2 N–H and O–H groups in total. The fourth-order valence-electron chi connectivity index (χ4n) is 1.52. The molecule has 0 spiro atoms. The molecule has 0 aliphatic heterocycles. The summed E-state index contributed by atoms with van der Waals surface area (Å²) in [4.78, 5) is 4.17. The summed E-state index contributed by atoms with van der Waals surface area (Å²) in [5.74, 6) is 0.400. The minimum Gasteiger partial charge on any atom is -0.326 e. The average molecular weight is 283 g/mol. The third-order valence-electron chi connectivity index (χ3n) is 2.34. The number of benzene rings is 1. The van der Waals surface area contributed by atoms with Crippen LogP contribution in [0.2, 0.25) is 5.02 Å². The molecule has 2 aromatic rings. The van der Waals surface area contributed by atoms with Crippen LogP contribution in [0, 0.1) is 5.82 Å². The van der Waals surface area contributed by atoms with Gasteiger partial charge in [-0.2, -0.15) is 0 Å². The van der Waals surface area contributed by atoms with Crippen molar-refractivity contribution in [3.63, 3.8) is 0 Å². The molecule has 0 saturated heterocycles. The second-order valence-electron chi connectivity index (χ2n) is 3.78. The number of nitrogens with zero attached hydrogens (tertiary/aromatic N) is 1. The van der Waals surface area contributed by atoms with Crippen molar-refractivity contribution in [3.05, 3.63) is 58.5 Å². The van der Waals surface area contributed by atoms with E-state index in [1.165, 1.54) is 23.9 Å². The van der Waals surface area contributed by atoms with Gasteiger partial charge in [0.1, 0.15) is 5.82 Å². The van der Waals surface area contributed by atoms with E-state index in [9.17, 15) is 4.39 Å². The van der Waals surface area contributed by atoms with Gasteiger partial charge >= 0.3 is 0 Å². The molecule has 94 valence electrons. The number of hydrogen-bond donors (Lipinski definition) is 1. The SMILES string of the molecule is NCc1cc(F)cc(CSc2ccc(Cl)cn2)c1. The van der Waals surface area contributed by atoms with Crippen molar-refractivity contribution in [1.82, 2.24) is 4.98 Å². The van der Waals surface area contributed by atoms with E-state index in [0.717, 1.165) is 16.2 Å². The van der Waals surface area contributed by atoms with Crippen LogP contribution < -0.4 is 5.73 Å². The lowest BCUT2D eigenvalue weighted by molar-refractivity contribution is 0.624. The number of halogens is 2. The summed E-state index contributed by atoms with van der Waals surface area (Å²) >= 11 is 7.29. The predicted molar refractivity (Wildman–Crippen MR) is 73.1 cm³/mol. The zero-order chi connectivity index (χ0) is 13.0. The monoisotopic (exact) mass is 282 g/mol. The molecule has 0 atom stereocenters. The van der Waals surface area contributed by atoms with Crippen molar-refractivity contribution < 1.29 is 4.39 Å². The van der Waals surface area contributed by atoms with Gasteiger partial charge in [0.15, 0.2) is 0 Å². The molecule has 1 aromatic heterocycles. The largest absolute Gasteiger partial charge is 0.326 e. The van der Waals surface area contributed by atoms with Crippen molar-refractivity contribution in [2.24, 2.45) is 5.73 Å². The van der Waals surface area contributed by atoms with Crippen LogP contribution in [0.1, 0.15) is 11.1 Å². The number of nitrogens with two attached hydrogens (primary N) is 1. The molecule has 0 aliphatic rings. The van der Waals surface area contributed by atoms with Crippen LogP contribution >= 0.6 is 23.4 Å². The molecule has 1 aromatic carbocycles. The van der Waals surface area contributed by atoms with Crippen molar-refractivity contribution >= 4 is 23.4 Å². The van der Waals surface area contributed by atoms with Gasteiger partial charge in [-0.25, -0.2) is 9.37 Å². The Labute approximate surface area is 114 Å². The Bertz CT molecular complexity index is 531. The smallest absolute Gasteiger partial charge is 0.123 e. The Kier molecular flexibility index (Phi) is 4.58. The maximum Gasteiger partial charge on any atom is 0.123 e. The van der Waals surface area contributed by atoms with Crippen LogP contribution in [0.5, 0.6) is 0 Å². The Morgan fingerprint density at radius 2 is 2.00 bits per heavy atom. The first-order valence-corrected chi connectivity index (χ1v) is 6.76. The molecular weight excluding hydrogens is 271 g/mol. The maximum atomic E-state index is 13.3. The predicted octanol–water partition coefficient (Wildman–Crippen LogP) is 3.63. The van der Waals surface area contributed by atoms with E-state index in [0.29, 0.717) is 17.3 Å². The van der Waals surface area contributed by atoms with Crippen LogP contribution in [0.4, 0.5) is 4.39 Å². The van der Waals surface area contributed by atoms with Gasteiger partial charge in [0.25, 0.3) is 0 Å². The van der Waals surface area contributed by atoms with Crippen LogP contribution in [0.15, 0.2) is 41.6 Å². The summed E-state index contributed by atoms with van der Waals surface area (Å²) in [6, 6.07) is 8.51. The third-order valence-corrected chi connectivity index (χ3v) is 3.58. The third kappa shape index (κ3) is 3.70. The normalized spacial score (nSPS) is 10.6. The molecule has 18 heavy (non-hydrogen) atoms. The van der Waals surface area contributed by atoms with E-state index in [1.54, 1.807) is 12.3 Å². The Morgan fingerprint density at radius 1 is 1.22 bits per heavy atom. The summed E-state index contributed by atoms with van der Waals surface area (Å²) in [5.41, 5.74) is 7.21. The molecule has 0 saturated carbocycles. The Hall–Kier alpha value is -1.10. The van der Waals surface area contributed by atoms with E-state index in [-0.39, 0.29) is 5.82 Å². The fraction of sp³-hybridized carbons (Fsp3) is 0.154. The van der Waals surface area contributed by atoms with E-state index >= 15 is 0 Å². The molecular formula is C13H12ClFN2S. The lowest BCUT2D eigenvalue weighted by Gasteiger charge is -2.04. The molecule has 1 heterocycles. The van der Waals surface area contributed by atoms with Crippen molar-refractivity contribution in [2.45, 2.75) is 17.3 Å². The van der Waals surface area contributed by atoms with E-state index in [2.05, 4.69) is 4.98 Å². The quantitative estimate of drug-likeness (QED) is 0.871. The molecule has 0 unspecified atom stereocenters. The summed E-state index contributed by atoms with van der Waals surface area (Å²) in [7, 11) is 0. The lowest BCUT2D eigenvalue weighted by atomic mass is 10.1. The zero-order valence-electron chi connectivity index (χ0n) is 9.57. The Balaban J connectivity index is 2.05. The van der Waals surface area contributed by atoms with Gasteiger partial charge in [0.2, 0.25) is 0 Å². The molecule has 0 aliphatic carbocycles. The molecule has 0 radical (unpaired) electrons. The van der Waals surface area contributed by atoms with Crippen LogP contribution in [-0.2, 0) is 12.3 Å². The number of hydrogen-bond acceptors (Lipinski definition) is 3. The van der Waals surface area contributed by atoms with Gasteiger partial charge < -0.3 is 5.73 Å². The average Bonchev–Trinajstić information content (AvgIpc) is 2.37. The highest BCUT2D eigenvalue weighted by atomic mass is 35.5.